The predicted octanol–water partition coefficient (Wildman–Crippen LogP) is 7.35. The molecule has 0 radical (unpaired) electrons. The van der Waals surface area contributed by atoms with E-state index in [0.29, 0.717) is 42.1 Å². The summed E-state index contributed by atoms with van der Waals surface area (Å²) in [6.45, 7) is 0. The number of benzene rings is 3. The van der Waals surface area contributed by atoms with Crippen LogP contribution in [0, 0.1) is 0 Å². The van der Waals surface area contributed by atoms with E-state index < -0.39 is 9.84 Å². The molecule has 0 fully saturated rings. The maximum atomic E-state index is 13.4. The Morgan fingerprint density at radius 3 is 2.17 bits per heavy atom. The van der Waals surface area contributed by atoms with Gasteiger partial charge in [-0.25, -0.2) is 8.42 Å². The highest BCUT2D eigenvalue weighted by atomic mass is 35.5. The van der Waals surface area contributed by atoms with Gasteiger partial charge in [-0.2, -0.15) is 0 Å². The quantitative estimate of drug-likeness (QED) is 0.306. The molecule has 0 N–H and O–H groups in total. The van der Waals surface area contributed by atoms with E-state index in [1.54, 1.807) is 36.4 Å². The molecule has 3 nitrogen and oxygen atoms in total. The van der Waals surface area contributed by atoms with Gasteiger partial charge in [0, 0.05) is 22.2 Å². The third-order valence-corrected chi connectivity index (χ3v) is 7.51. The van der Waals surface area contributed by atoms with Gasteiger partial charge in [0.2, 0.25) is 9.84 Å². The molecule has 1 heterocycles. The molecule has 4 rings (SSSR count). The average molecular weight is 483 g/mol. The lowest BCUT2D eigenvalue weighted by Crippen LogP contribution is -2.05. The number of para-hydroxylation sites is 1. The van der Waals surface area contributed by atoms with Crippen molar-refractivity contribution in [2.45, 2.75) is 9.79 Å². The molecule has 0 aliphatic heterocycles. The fourth-order valence-electron chi connectivity index (χ4n) is 3.06. The van der Waals surface area contributed by atoms with Gasteiger partial charge >= 0.3 is 0 Å². The van der Waals surface area contributed by atoms with E-state index in [-0.39, 0.29) is 9.79 Å². The van der Waals surface area contributed by atoms with Crippen LogP contribution < -0.4 is 0 Å². The van der Waals surface area contributed by atoms with Gasteiger partial charge in [-0.15, -0.1) is 0 Å². The normalized spacial score (nSPS) is 11.7. The third-order valence-electron chi connectivity index (χ3n) is 4.44. The first kappa shape index (κ1) is 20.5. The van der Waals surface area contributed by atoms with Crippen LogP contribution in [0.15, 0.2) is 76.7 Å². The lowest BCUT2D eigenvalue weighted by molar-refractivity contribution is 0.596. The monoisotopic (exact) mass is 481 g/mol. The minimum Gasteiger partial charge on any atom is -0.253 e. The maximum absolute atomic E-state index is 13.4. The Morgan fingerprint density at radius 2 is 1.48 bits per heavy atom. The number of aromatic nitrogens is 1. The van der Waals surface area contributed by atoms with E-state index >= 15 is 0 Å². The molecule has 0 atom stereocenters. The van der Waals surface area contributed by atoms with Crippen LogP contribution in [-0.4, -0.2) is 13.4 Å². The third kappa shape index (κ3) is 3.72. The number of pyridine rings is 1. The maximum Gasteiger partial charge on any atom is 0.208 e. The zero-order chi connectivity index (χ0) is 20.8. The second-order valence-electron chi connectivity index (χ2n) is 6.22. The van der Waals surface area contributed by atoms with Gasteiger partial charge < -0.3 is 0 Å². The van der Waals surface area contributed by atoms with Crippen LogP contribution in [0.4, 0.5) is 0 Å². The van der Waals surface area contributed by atoms with Crippen LogP contribution >= 0.6 is 46.4 Å². The molecule has 1 aromatic heterocycles. The van der Waals surface area contributed by atoms with Crippen LogP contribution in [0.2, 0.25) is 20.1 Å². The minimum atomic E-state index is -3.90. The van der Waals surface area contributed by atoms with E-state index in [1.807, 2.05) is 0 Å². The molecule has 146 valence electrons. The fourth-order valence-corrected chi connectivity index (χ4v) is 5.15. The highest BCUT2D eigenvalue weighted by molar-refractivity contribution is 7.91. The van der Waals surface area contributed by atoms with Crippen molar-refractivity contribution in [2.75, 3.05) is 0 Å². The molecule has 0 bridgehead atoms. The largest absolute Gasteiger partial charge is 0.253 e. The van der Waals surface area contributed by atoms with Crippen LogP contribution in [0.25, 0.3) is 22.0 Å². The Morgan fingerprint density at radius 1 is 0.759 bits per heavy atom. The van der Waals surface area contributed by atoms with Gasteiger partial charge in [-0.05, 0) is 48.0 Å². The van der Waals surface area contributed by atoms with E-state index in [9.17, 15) is 8.42 Å². The van der Waals surface area contributed by atoms with Crippen molar-refractivity contribution < 1.29 is 8.42 Å². The molecule has 4 aromatic rings. The van der Waals surface area contributed by atoms with Crippen LogP contribution in [0.5, 0.6) is 0 Å². The van der Waals surface area contributed by atoms with Crippen molar-refractivity contribution in [3.8, 4) is 11.1 Å². The summed E-state index contributed by atoms with van der Waals surface area (Å²) in [7, 11) is -3.90. The Hall–Kier alpha value is -1.82. The summed E-state index contributed by atoms with van der Waals surface area (Å²) < 4.78 is 26.9. The van der Waals surface area contributed by atoms with Crippen molar-refractivity contribution in [3.05, 3.63) is 87.0 Å². The van der Waals surface area contributed by atoms with Crippen molar-refractivity contribution >= 4 is 67.1 Å². The van der Waals surface area contributed by atoms with Crippen LogP contribution in [0.1, 0.15) is 0 Å². The number of fused-ring (bicyclic) bond motifs is 1. The first-order valence-electron chi connectivity index (χ1n) is 8.32. The summed E-state index contributed by atoms with van der Waals surface area (Å²) in [5.41, 5.74) is 1.53. The Balaban J connectivity index is 2.09. The van der Waals surface area contributed by atoms with E-state index in [4.69, 9.17) is 46.4 Å². The fraction of sp³-hybridized carbons (Fsp3) is 0. The highest BCUT2D eigenvalue weighted by Gasteiger charge is 2.25. The van der Waals surface area contributed by atoms with Crippen molar-refractivity contribution in [1.29, 1.82) is 0 Å². The van der Waals surface area contributed by atoms with Crippen LogP contribution in [-0.2, 0) is 9.84 Å². The zero-order valence-electron chi connectivity index (χ0n) is 14.5. The lowest BCUT2D eigenvalue weighted by atomic mass is 10.0. The number of rotatable bonds is 3. The molecule has 0 aliphatic rings. The number of nitrogens with zero attached hydrogens (tertiary/aromatic N) is 1. The lowest BCUT2D eigenvalue weighted by Gasteiger charge is -2.15. The van der Waals surface area contributed by atoms with E-state index in [0.717, 1.165) is 0 Å². The second-order valence-corrected chi connectivity index (χ2v) is 9.80. The smallest absolute Gasteiger partial charge is 0.208 e. The van der Waals surface area contributed by atoms with Gasteiger partial charge in [0.05, 0.1) is 30.4 Å². The van der Waals surface area contributed by atoms with Crippen LogP contribution in [0.3, 0.4) is 0 Å². The van der Waals surface area contributed by atoms with E-state index in [2.05, 4.69) is 4.98 Å². The Labute approximate surface area is 187 Å². The van der Waals surface area contributed by atoms with E-state index in [1.165, 1.54) is 30.5 Å². The Kier molecular flexibility index (Phi) is 5.49. The van der Waals surface area contributed by atoms with Crippen molar-refractivity contribution in [3.63, 3.8) is 0 Å². The summed E-state index contributed by atoms with van der Waals surface area (Å²) in [6, 6.07) is 16.1. The zero-order valence-corrected chi connectivity index (χ0v) is 18.4. The molecule has 0 spiro atoms. The molecule has 29 heavy (non-hydrogen) atoms. The number of sulfone groups is 1. The first-order chi connectivity index (χ1) is 13.8. The van der Waals surface area contributed by atoms with Gasteiger partial charge in [0.25, 0.3) is 0 Å². The van der Waals surface area contributed by atoms with Crippen molar-refractivity contribution in [1.82, 2.24) is 4.98 Å². The molecule has 3 aromatic carbocycles. The first-order valence-corrected chi connectivity index (χ1v) is 11.3. The highest BCUT2D eigenvalue weighted by Crippen LogP contribution is 2.40. The molecule has 8 heteroatoms. The number of hydrogen-bond donors (Lipinski definition) is 0. The number of halogens is 4. The molecular formula is C21H11Cl4NO2S. The van der Waals surface area contributed by atoms with Gasteiger partial charge in [0.1, 0.15) is 0 Å². The Bertz CT molecular complexity index is 1350. The van der Waals surface area contributed by atoms with Crippen molar-refractivity contribution in [2.24, 2.45) is 0 Å². The molecule has 0 saturated carbocycles. The predicted molar refractivity (Wildman–Crippen MR) is 119 cm³/mol. The van der Waals surface area contributed by atoms with Gasteiger partial charge in [-0.1, -0.05) is 64.6 Å². The van der Waals surface area contributed by atoms with Gasteiger partial charge in [-0.3, -0.25) is 4.98 Å². The molecule has 0 amide bonds. The molecule has 0 unspecified atom stereocenters. The average Bonchev–Trinajstić information content (AvgIpc) is 2.70. The van der Waals surface area contributed by atoms with Gasteiger partial charge in [0.15, 0.2) is 0 Å². The summed E-state index contributed by atoms with van der Waals surface area (Å²) in [5, 5.41) is 2.13. The summed E-state index contributed by atoms with van der Waals surface area (Å²) in [6.07, 6.45) is 1.32. The second kappa shape index (κ2) is 7.78. The summed E-state index contributed by atoms with van der Waals surface area (Å²) in [5.74, 6) is 0. The molecule has 0 saturated heterocycles. The summed E-state index contributed by atoms with van der Waals surface area (Å²) >= 11 is 24.5. The summed E-state index contributed by atoms with van der Waals surface area (Å²) in [4.78, 5) is 4.46. The molecular weight excluding hydrogens is 472 g/mol. The number of hydrogen-bond acceptors (Lipinski definition) is 3. The SMILES string of the molecule is O=S(=O)(c1ccc(Cl)cc1)c1cnc2c(Cl)cccc2c1-c1ccc(Cl)c(Cl)c1. The standard InChI is InChI=1S/C21H11Cl4NO2S/c22-13-5-7-14(8-6-13)29(27,28)19-11-26-21-15(2-1-3-17(21)24)20(19)12-4-9-16(23)18(25)10-12/h1-11H. The minimum absolute atomic E-state index is 0.0352. The molecule has 0 aliphatic carbocycles. The topological polar surface area (TPSA) is 47.0 Å².